The second kappa shape index (κ2) is 7.06. The summed E-state index contributed by atoms with van der Waals surface area (Å²) in [6.45, 7) is 8.14. The monoisotopic (exact) mass is 302 g/mol. The highest BCUT2D eigenvalue weighted by molar-refractivity contribution is 5.77. The van der Waals surface area contributed by atoms with Crippen LogP contribution in [0.1, 0.15) is 36.6 Å². The molecule has 0 saturated carbocycles. The van der Waals surface area contributed by atoms with Gasteiger partial charge in [-0.25, -0.2) is 4.98 Å². The van der Waals surface area contributed by atoms with Crippen LogP contribution in [-0.4, -0.2) is 27.1 Å². The van der Waals surface area contributed by atoms with E-state index >= 15 is 0 Å². The highest BCUT2D eigenvalue weighted by Crippen LogP contribution is 2.19. The van der Waals surface area contributed by atoms with Gasteiger partial charge in [-0.05, 0) is 44.9 Å². The van der Waals surface area contributed by atoms with E-state index in [0.29, 0.717) is 18.3 Å². The lowest BCUT2D eigenvalue weighted by atomic mass is 10.1. The van der Waals surface area contributed by atoms with Gasteiger partial charge in [0, 0.05) is 6.04 Å². The number of nitrogens with zero attached hydrogens (tertiary/aromatic N) is 2. The first-order valence-electron chi connectivity index (χ1n) is 7.33. The Bertz CT molecular complexity index is 649. The number of ether oxygens (including phenoxy) is 1. The fourth-order valence-electron chi connectivity index (χ4n) is 2.00. The van der Waals surface area contributed by atoms with Crippen LogP contribution < -0.4 is 10.1 Å². The minimum atomic E-state index is -0.0870. The van der Waals surface area contributed by atoms with Crippen molar-refractivity contribution in [1.29, 1.82) is 0 Å². The van der Waals surface area contributed by atoms with Crippen molar-refractivity contribution in [3.63, 3.8) is 0 Å². The van der Waals surface area contributed by atoms with Crippen LogP contribution in [0.3, 0.4) is 0 Å². The molecular formula is C16H22N4O2. The molecule has 0 radical (unpaired) electrons. The van der Waals surface area contributed by atoms with Crippen LogP contribution >= 0.6 is 0 Å². The van der Waals surface area contributed by atoms with Gasteiger partial charge in [0.15, 0.2) is 11.6 Å². The van der Waals surface area contributed by atoms with Gasteiger partial charge in [-0.3, -0.25) is 9.89 Å². The van der Waals surface area contributed by atoms with E-state index < -0.39 is 0 Å². The molecule has 0 aliphatic rings. The Balaban J connectivity index is 1.92. The van der Waals surface area contributed by atoms with Gasteiger partial charge in [0.2, 0.25) is 5.91 Å². The van der Waals surface area contributed by atoms with Gasteiger partial charge in [0.05, 0.1) is 6.42 Å². The van der Waals surface area contributed by atoms with Crippen molar-refractivity contribution in [2.75, 3.05) is 0 Å². The average Bonchev–Trinajstić information content (AvgIpc) is 2.86. The molecule has 1 heterocycles. The van der Waals surface area contributed by atoms with E-state index in [-0.39, 0.29) is 18.4 Å². The van der Waals surface area contributed by atoms with E-state index in [4.69, 9.17) is 4.74 Å². The molecule has 1 aromatic carbocycles. The smallest absolute Gasteiger partial charge is 0.227 e. The van der Waals surface area contributed by atoms with Crippen LogP contribution in [0.2, 0.25) is 0 Å². The van der Waals surface area contributed by atoms with Gasteiger partial charge in [-0.2, -0.15) is 5.10 Å². The molecule has 0 fully saturated rings. The van der Waals surface area contributed by atoms with Gasteiger partial charge in [-0.1, -0.05) is 12.1 Å². The van der Waals surface area contributed by atoms with Crippen LogP contribution in [-0.2, 0) is 17.8 Å². The topological polar surface area (TPSA) is 79.9 Å². The highest BCUT2D eigenvalue weighted by atomic mass is 16.5. The Kier molecular flexibility index (Phi) is 5.14. The third-order valence-electron chi connectivity index (χ3n) is 3.05. The van der Waals surface area contributed by atoms with E-state index in [9.17, 15) is 4.79 Å². The molecule has 0 bridgehead atoms. The first-order valence-corrected chi connectivity index (χ1v) is 7.33. The molecule has 1 aromatic heterocycles. The zero-order valence-corrected chi connectivity index (χ0v) is 13.4. The first kappa shape index (κ1) is 16.0. The Hall–Kier alpha value is -2.37. The van der Waals surface area contributed by atoms with Crippen LogP contribution in [0.5, 0.6) is 5.75 Å². The Morgan fingerprint density at radius 2 is 2.14 bits per heavy atom. The maximum Gasteiger partial charge on any atom is 0.227 e. The van der Waals surface area contributed by atoms with Crippen molar-refractivity contribution >= 4 is 5.91 Å². The number of aromatic nitrogens is 3. The molecule has 22 heavy (non-hydrogen) atoms. The van der Waals surface area contributed by atoms with Crippen LogP contribution in [0, 0.1) is 13.8 Å². The molecular weight excluding hydrogens is 280 g/mol. The number of carbonyl (C=O) groups excluding carboxylic acids is 1. The molecule has 6 nitrogen and oxygen atoms in total. The van der Waals surface area contributed by atoms with Crippen molar-refractivity contribution in [3.8, 4) is 5.75 Å². The summed E-state index contributed by atoms with van der Waals surface area (Å²) in [7, 11) is 0. The standard InChI is InChI=1S/C16H22N4O2/c1-10(2)17-16(21)8-14-18-15(20-19-14)9-22-13-7-11(3)5-6-12(13)4/h5-7,10H,8-9H2,1-4H3,(H,17,21)(H,18,19,20). The van der Waals surface area contributed by atoms with E-state index in [1.807, 2.05) is 45.9 Å². The third-order valence-corrected chi connectivity index (χ3v) is 3.05. The minimum Gasteiger partial charge on any atom is -0.485 e. The SMILES string of the molecule is Cc1ccc(C)c(OCc2nc(CC(=O)NC(C)C)n[nH]2)c1. The number of hydrogen-bond donors (Lipinski definition) is 2. The third kappa shape index (κ3) is 4.58. The maximum atomic E-state index is 11.7. The second-order valence-electron chi connectivity index (χ2n) is 5.65. The van der Waals surface area contributed by atoms with Gasteiger partial charge in [0.1, 0.15) is 12.4 Å². The summed E-state index contributed by atoms with van der Waals surface area (Å²) in [4.78, 5) is 15.9. The number of benzene rings is 1. The lowest BCUT2D eigenvalue weighted by Crippen LogP contribution is -2.31. The van der Waals surface area contributed by atoms with Crippen LogP contribution in [0.4, 0.5) is 0 Å². The van der Waals surface area contributed by atoms with Crippen LogP contribution in [0.15, 0.2) is 18.2 Å². The molecule has 2 rings (SSSR count). The summed E-state index contributed by atoms with van der Waals surface area (Å²) >= 11 is 0. The molecule has 0 spiro atoms. The molecule has 2 N–H and O–H groups in total. The van der Waals surface area contributed by atoms with Gasteiger partial charge >= 0.3 is 0 Å². The Labute approximate surface area is 130 Å². The number of aromatic amines is 1. The van der Waals surface area contributed by atoms with Crippen molar-refractivity contribution in [3.05, 3.63) is 41.0 Å². The zero-order valence-electron chi connectivity index (χ0n) is 13.4. The van der Waals surface area contributed by atoms with Gasteiger partial charge in [0.25, 0.3) is 0 Å². The second-order valence-corrected chi connectivity index (χ2v) is 5.65. The Morgan fingerprint density at radius 1 is 1.36 bits per heavy atom. The lowest BCUT2D eigenvalue weighted by Gasteiger charge is -2.08. The number of carbonyl (C=O) groups is 1. The van der Waals surface area contributed by atoms with Crippen molar-refractivity contribution in [1.82, 2.24) is 20.5 Å². The van der Waals surface area contributed by atoms with Crippen LogP contribution in [0.25, 0.3) is 0 Å². The number of H-pyrrole nitrogens is 1. The maximum absolute atomic E-state index is 11.7. The summed E-state index contributed by atoms with van der Waals surface area (Å²) in [5.74, 6) is 1.82. The molecule has 0 aliphatic carbocycles. The van der Waals surface area contributed by atoms with E-state index in [0.717, 1.165) is 16.9 Å². The summed E-state index contributed by atoms with van der Waals surface area (Å²) in [6.07, 6.45) is 0.165. The largest absolute Gasteiger partial charge is 0.485 e. The summed E-state index contributed by atoms with van der Waals surface area (Å²) < 4.78 is 5.75. The zero-order chi connectivity index (χ0) is 16.1. The molecule has 1 amide bonds. The Morgan fingerprint density at radius 3 is 2.86 bits per heavy atom. The summed E-state index contributed by atoms with van der Waals surface area (Å²) in [5.41, 5.74) is 2.21. The van der Waals surface area contributed by atoms with E-state index in [2.05, 4.69) is 20.5 Å². The quantitative estimate of drug-likeness (QED) is 0.856. The summed E-state index contributed by atoms with van der Waals surface area (Å²) in [5, 5.41) is 9.65. The predicted molar refractivity (Wildman–Crippen MR) is 83.6 cm³/mol. The van der Waals surface area contributed by atoms with E-state index in [1.165, 1.54) is 0 Å². The number of rotatable bonds is 6. The van der Waals surface area contributed by atoms with E-state index in [1.54, 1.807) is 0 Å². The number of amides is 1. The first-order chi connectivity index (χ1) is 10.4. The average molecular weight is 302 g/mol. The fraction of sp³-hybridized carbons (Fsp3) is 0.438. The highest BCUT2D eigenvalue weighted by Gasteiger charge is 2.10. The molecule has 0 atom stereocenters. The van der Waals surface area contributed by atoms with Gasteiger partial charge in [-0.15, -0.1) is 0 Å². The molecule has 0 aliphatic heterocycles. The molecule has 118 valence electrons. The normalized spacial score (nSPS) is 10.8. The number of hydrogen-bond acceptors (Lipinski definition) is 4. The predicted octanol–water partition coefficient (Wildman–Crippen LogP) is 2.07. The van der Waals surface area contributed by atoms with Gasteiger partial charge < -0.3 is 10.1 Å². The molecule has 0 unspecified atom stereocenters. The summed E-state index contributed by atoms with van der Waals surface area (Å²) in [6, 6.07) is 6.16. The molecule has 0 saturated heterocycles. The molecule has 2 aromatic rings. The number of aryl methyl sites for hydroxylation is 2. The minimum absolute atomic E-state index is 0.0870. The van der Waals surface area contributed by atoms with Crippen molar-refractivity contribution in [2.24, 2.45) is 0 Å². The lowest BCUT2D eigenvalue weighted by molar-refractivity contribution is -0.121. The van der Waals surface area contributed by atoms with Crippen molar-refractivity contribution < 1.29 is 9.53 Å². The fourth-order valence-corrected chi connectivity index (χ4v) is 2.00. The number of nitrogens with one attached hydrogen (secondary N) is 2. The van der Waals surface area contributed by atoms with Crippen molar-refractivity contribution in [2.45, 2.75) is 46.8 Å². The molecule has 6 heteroatoms.